The zero-order chi connectivity index (χ0) is 17.7. The maximum atomic E-state index is 13.1. The highest BCUT2D eigenvalue weighted by molar-refractivity contribution is 6.09. The summed E-state index contributed by atoms with van der Waals surface area (Å²) in [5, 5.41) is 2.62. The van der Waals surface area contributed by atoms with Crippen LogP contribution in [0.5, 0.6) is 0 Å². The summed E-state index contributed by atoms with van der Waals surface area (Å²) in [6, 6.07) is 10.2. The van der Waals surface area contributed by atoms with Gasteiger partial charge in [-0.1, -0.05) is 26.0 Å². The number of hydrogen-bond donors (Lipinski definition) is 1. The summed E-state index contributed by atoms with van der Waals surface area (Å²) in [5.41, 5.74) is 1.73. The van der Waals surface area contributed by atoms with Crippen LogP contribution in [-0.2, 0) is 4.79 Å². The van der Waals surface area contributed by atoms with Crippen LogP contribution in [0, 0.1) is 11.6 Å². The zero-order valence-electron chi connectivity index (χ0n) is 13.3. The molecular formula is C19H17F2NO2. The number of ketones is 1. The predicted octanol–water partition coefficient (Wildman–Crippen LogP) is 4.47. The second-order valence-corrected chi connectivity index (χ2v) is 5.59. The fourth-order valence-corrected chi connectivity index (χ4v) is 2.03. The van der Waals surface area contributed by atoms with E-state index < -0.39 is 23.3 Å². The summed E-state index contributed by atoms with van der Waals surface area (Å²) in [6.45, 7) is 4.14. The monoisotopic (exact) mass is 329 g/mol. The summed E-state index contributed by atoms with van der Waals surface area (Å²) >= 11 is 0. The van der Waals surface area contributed by atoms with E-state index in [1.165, 1.54) is 0 Å². The Bertz CT molecular complexity index is 780. The summed E-state index contributed by atoms with van der Waals surface area (Å²) in [4.78, 5) is 23.6. The normalized spacial score (nSPS) is 11.0. The van der Waals surface area contributed by atoms with E-state index in [0.717, 1.165) is 35.9 Å². The molecule has 3 nitrogen and oxygen atoms in total. The van der Waals surface area contributed by atoms with Crippen molar-refractivity contribution in [3.8, 4) is 0 Å². The minimum Gasteiger partial charge on any atom is -0.323 e. The van der Waals surface area contributed by atoms with Crippen molar-refractivity contribution < 1.29 is 18.4 Å². The minimum absolute atomic E-state index is 0.0285. The number of carbonyl (C=O) groups excluding carboxylic acids is 2. The van der Waals surface area contributed by atoms with Crippen LogP contribution in [0.3, 0.4) is 0 Å². The lowest BCUT2D eigenvalue weighted by atomic mass is 10.0. The van der Waals surface area contributed by atoms with Gasteiger partial charge in [-0.05, 0) is 47.9 Å². The SMILES string of the molecule is CC(C)c1ccc(NC(=O)/C=C/C(=O)c2ccc(F)c(F)c2)cc1. The van der Waals surface area contributed by atoms with E-state index in [2.05, 4.69) is 19.2 Å². The first-order chi connectivity index (χ1) is 11.4. The number of nitrogens with one attached hydrogen (secondary N) is 1. The largest absolute Gasteiger partial charge is 0.323 e. The summed E-state index contributed by atoms with van der Waals surface area (Å²) in [6.07, 6.45) is 2.07. The molecule has 0 unspecified atom stereocenters. The fraction of sp³-hybridized carbons (Fsp3) is 0.158. The molecule has 2 aromatic carbocycles. The molecule has 124 valence electrons. The van der Waals surface area contributed by atoms with Crippen molar-refractivity contribution in [2.24, 2.45) is 0 Å². The molecule has 24 heavy (non-hydrogen) atoms. The Kier molecular flexibility index (Phi) is 5.58. The second kappa shape index (κ2) is 7.64. The van der Waals surface area contributed by atoms with E-state index in [1.54, 1.807) is 12.1 Å². The average Bonchev–Trinajstić information content (AvgIpc) is 2.55. The number of amides is 1. The Morgan fingerprint density at radius 3 is 2.21 bits per heavy atom. The van der Waals surface area contributed by atoms with Crippen LogP contribution >= 0.6 is 0 Å². The van der Waals surface area contributed by atoms with Crippen LogP contribution in [0.25, 0.3) is 0 Å². The lowest BCUT2D eigenvalue weighted by molar-refractivity contribution is -0.111. The molecule has 0 aromatic heterocycles. The molecule has 1 N–H and O–H groups in total. The Morgan fingerprint density at radius 1 is 0.958 bits per heavy atom. The molecule has 0 aliphatic rings. The lowest BCUT2D eigenvalue weighted by Crippen LogP contribution is -2.09. The maximum Gasteiger partial charge on any atom is 0.248 e. The predicted molar refractivity (Wildman–Crippen MR) is 89.0 cm³/mol. The molecule has 0 aliphatic heterocycles. The summed E-state index contributed by atoms with van der Waals surface area (Å²) < 4.78 is 25.9. The first-order valence-electron chi connectivity index (χ1n) is 7.45. The maximum absolute atomic E-state index is 13.1. The van der Waals surface area contributed by atoms with Gasteiger partial charge >= 0.3 is 0 Å². The van der Waals surface area contributed by atoms with Crippen molar-refractivity contribution in [3.05, 3.63) is 77.4 Å². The number of carbonyl (C=O) groups is 2. The molecule has 0 bridgehead atoms. The molecule has 2 aromatic rings. The zero-order valence-corrected chi connectivity index (χ0v) is 13.3. The minimum atomic E-state index is -1.11. The molecule has 0 atom stereocenters. The van der Waals surface area contributed by atoms with Crippen LogP contribution in [0.2, 0.25) is 0 Å². The second-order valence-electron chi connectivity index (χ2n) is 5.59. The first kappa shape index (κ1) is 17.5. The highest BCUT2D eigenvalue weighted by Crippen LogP contribution is 2.17. The van der Waals surface area contributed by atoms with Crippen molar-refractivity contribution >= 4 is 17.4 Å². The van der Waals surface area contributed by atoms with Gasteiger partial charge in [0.2, 0.25) is 5.91 Å². The number of rotatable bonds is 5. The molecule has 1 amide bonds. The van der Waals surface area contributed by atoms with Crippen LogP contribution in [0.1, 0.15) is 35.7 Å². The molecule has 0 spiro atoms. The fourth-order valence-electron chi connectivity index (χ4n) is 2.03. The molecule has 0 saturated carbocycles. The smallest absolute Gasteiger partial charge is 0.248 e. The van der Waals surface area contributed by atoms with Crippen LogP contribution in [0.15, 0.2) is 54.6 Å². The van der Waals surface area contributed by atoms with Crippen molar-refractivity contribution in [1.82, 2.24) is 0 Å². The van der Waals surface area contributed by atoms with Gasteiger partial charge < -0.3 is 5.32 Å². The number of hydrogen-bond acceptors (Lipinski definition) is 2. The number of anilines is 1. The van der Waals surface area contributed by atoms with E-state index in [0.29, 0.717) is 11.6 Å². The van der Waals surface area contributed by atoms with Crippen LogP contribution in [0.4, 0.5) is 14.5 Å². The van der Waals surface area contributed by atoms with E-state index in [1.807, 2.05) is 12.1 Å². The van der Waals surface area contributed by atoms with Crippen molar-refractivity contribution in [2.45, 2.75) is 19.8 Å². The van der Waals surface area contributed by atoms with Crippen molar-refractivity contribution in [3.63, 3.8) is 0 Å². The quantitative estimate of drug-likeness (QED) is 0.650. The van der Waals surface area contributed by atoms with Crippen LogP contribution < -0.4 is 5.32 Å². The van der Waals surface area contributed by atoms with E-state index in [9.17, 15) is 18.4 Å². The molecule has 2 rings (SSSR count). The highest BCUT2D eigenvalue weighted by Gasteiger charge is 2.08. The Morgan fingerprint density at radius 2 is 1.62 bits per heavy atom. The lowest BCUT2D eigenvalue weighted by Gasteiger charge is -2.07. The molecular weight excluding hydrogens is 312 g/mol. The van der Waals surface area contributed by atoms with Gasteiger partial charge in [-0.2, -0.15) is 0 Å². The van der Waals surface area contributed by atoms with Crippen LogP contribution in [-0.4, -0.2) is 11.7 Å². The molecule has 0 fully saturated rings. The van der Waals surface area contributed by atoms with Gasteiger partial charge in [-0.15, -0.1) is 0 Å². The van der Waals surface area contributed by atoms with Gasteiger partial charge in [0.25, 0.3) is 0 Å². The van der Waals surface area contributed by atoms with E-state index >= 15 is 0 Å². The third-order valence-corrected chi connectivity index (χ3v) is 3.44. The number of allylic oxidation sites excluding steroid dienone is 1. The molecule has 0 radical (unpaired) electrons. The van der Waals surface area contributed by atoms with Gasteiger partial charge in [0.15, 0.2) is 17.4 Å². The van der Waals surface area contributed by atoms with Gasteiger partial charge in [0, 0.05) is 17.3 Å². The van der Waals surface area contributed by atoms with Crippen molar-refractivity contribution in [2.75, 3.05) is 5.32 Å². The van der Waals surface area contributed by atoms with Gasteiger partial charge in [0.1, 0.15) is 0 Å². The van der Waals surface area contributed by atoms with Gasteiger partial charge in [-0.25, -0.2) is 8.78 Å². The Balaban J connectivity index is 1.99. The summed E-state index contributed by atoms with van der Waals surface area (Å²) in [7, 11) is 0. The number of benzene rings is 2. The van der Waals surface area contributed by atoms with Gasteiger partial charge in [0.05, 0.1) is 0 Å². The topological polar surface area (TPSA) is 46.2 Å². The number of halogens is 2. The standard InChI is InChI=1S/C19H17F2NO2/c1-12(2)13-3-6-15(7-4-13)22-19(24)10-9-18(23)14-5-8-16(20)17(21)11-14/h3-12H,1-2H3,(H,22,24)/b10-9+. The molecule has 0 saturated heterocycles. The third-order valence-electron chi connectivity index (χ3n) is 3.44. The molecule has 0 aliphatic carbocycles. The molecule has 5 heteroatoms. The van der Waals surface area contributed by atoms with Gasteiger partial charge in [-0.3, -0.25) is 9.59 Å². The first-order valence-corrected chi connectivity index (χ1v) is 7.45. The highest BCUT2D eigenvalue weighted by atomic mass is 19.2. The Labute approximate surface area is 139 Å². The van der Waals surface area contributed by atoms with E-state index in [-0.39, 0.29) is 5.56 Å². The average molecular weight is 329 g/mol. The molecule has 0 heterocycles. The van der Waals surface area contributed by atoms with E-state index in [4.69, 9.17) is 0 Å². The third kappa shape index (κ3) is 4.59. The Hall–Kier alpha value is -2.82. The van der Waals surface area contributed by atoms with Crippen molar-refractivity contribution in [1.29, 1.82) is 0 Å². The summed E-state index contributed by atoms with van der Waals surface area (Å²) in [5.74, 6) is -2.81.